The number of rotatable bonds is 3. The van der Waals surface area contributed by atoms with Crippen LogP contribution in [-0.2, 0) is 18.3 Å². The van der Waals surface area contributed by atoms with Crippen LogP contribution < -0.4 is 5.43 Å². The summed E-state index contributed by atoms with van der Waals surface area (Å²) in [4.78, 5) is 13.2. The van der Waals surface area contributed by atoms with Crippen LogP contribution in [-0.4, -0.2) is 17.2 Å². The predicted octanol–water partition coefficient (Wildman–Crippen LogP) is 6.95. The maximum atomic E-state index is 12.8. The average molecular weight is 481 g/mol. The molecule has 1 aliphatic rings. The molecule has 0 spiro atoms. The highest BCUT2D eigenvalue weighted by Gasteiger charge is 2.27. The Hall–Kier alpha value is -2.83. The van der Waals surface area contributed by atoms with Gasteiger partial charge in [-0.15, -0.1) is 11.3 Å². The zero-order valence-corrected chi connectivity index (χ0v) is 20.4. The number of hydrogen-bond donors (Lipinski definition) is 2. The summed E-state index contributed by atoms with van der Waals surface area (Å²) in [6, 6.07) is 9.57. The molecule has 0 bridgehead atoms. The van der Waals surface area contributed by atoms with Gasteiger partial charge in [0.1, 0.15) is 22.0 Å². The van der Waals surface area contributed by atoms with Gasteiger partial charge in [0.2, 0.25) is 0 Å². The Morgan fingerprint density at radius 1 is 1.24 bits per heavy atom. The van der Waals surface area contributed by atoms with Crippen molar-refractivity contribution in [2.24, 2.45) is 5.10 Å². The van der Waals surface area contributed by atoms with Gasteiger partial charge in [-0.2, -0.15) is 5.10 Å². The number of nitrogens with one attached hydrogen (secondary N) is 1. The molecule has 0 saturated carbocycles. The lowest BCUT2D eigenvalue weighted by atomic mass is 9.83. The average Bonchev–Trinajstić information content (AvgIpc) is 3.32. The van der Waals surface area contributed by atoms with Crippen molar-refractivity contribution in [3.8, 4) is 5.75 Å². The summed E-state index contributed by atoms with van der Waals surface area (Å²) in [5.74, 6) is 0.772. The van der Waals surface area contributed by atoms with Gasteiger partial charge in [0.15, 0.2) is 0 Å². The first-order valence-corrected chi connectivity index (χ1v) is 12.3. The maximum Gasteiger partial charge on any atom is 0.283 e. The van der Waals surface area contributed by atoms with Gasteiger partial charge < -0.3 is 9.52 Å². The molecule has 2 aromatic carbocycles. The first-order chi connectivity index (χ1) is 15.8. The second kappa shape index (κ2) is 8.19. The summed E-state index contributed by atoms with van der Waals surface area (Å²) in [6.07, 6.45) is 5.51. The van der Waals surface area contributed by atoms with E-state index in [0.29, 0.717) is 15.5 Å². The Labute approximate surface area is 201 Å². The zero-order chi connectivity index (χ0) is 23.3. The minimum Gasteiger partial charge on any atom is -0.507 e. The van der Waals surface area contributed by atoms with Crippen LogP contribution in [0, 0.1) is 0 Å². The van der Waals surface area contributed by atoms with Crippen LogP contribution >= 0.6 is 22.9 Å². The molecule has 0 aliphatic heterocycles. The highest BCUT2D eigenvalue weighted by Crippen LogP contribution is 2.42. The number of carbonyl (C=O) groups is 1. The normalized spacial score (nSPS) is 14.3. The first kappa shape index (κ1) is 22.0. The fourth-order valence-electron chi connectivity index (χ4n) is 4.51. The molecule has 2 N–H and O–H groups in total. The van der Waals surface area contributed by atoms with Gasteiger partial charge in [-0.05, 0) is 36.8 Å². The van der Waals surface area contributed by atoms with Crippen LogP contribution in [0.1, 0.15) is 65.7 Å². The number of hydrazone groups is 1. The number of hydrogen-bond acceptors (Lipinski definition) is 5. The second-order valence-electron chi connectivity index (χ2n) is 9.46. The number of aryl methyl sites for hydroxylation is 2. The topological polar surface area (TPSA) is 74.8 Å². The van der Waals surface area contributed by atoms with Crippen LogP contribution in [0.15, 0.2) is 39.9 Å². The lowest BCUT2D eigenvalue weighted by molar-refractivity contribution is 0.0959. The lowest BCUT2D eigenvalue weighted by Crippen LogP contribution is -2.17. The highest BCUT2D eigenvalue weighted by atomic mass is 35.5. The highest BCUT2D eigenvalue weighted by molar-refractivity contribution is 7.21. The number of benzene rings is 2. The number of phenolic OH excluding ortho intramolecular Hbond substituents is 1. The quantitative estimate of drug-likeness (QED) is 0.246. The number of furan rings is 1. The van der Waals surface area contributed by atoms with Gasteiger partial charge in [-0.3, -0.25) is 4.79 Å². The van der Waals surface area contributed by atoms with Crippen molar-refractivity contribution in [2.75, 3.05) is 0 Å². The van der Waals surface area contributed by atoms with Crippen LogP contribution in [0.3, 0.4) is 0 Å². The standard InChI is InChI=1S/C26H25ClN2O3S/c1-26(2,3)17-12-19-21(14-8-4-6-10-18(14)32-19)16(23(17)30)13-28-29-25(31)24-22(27)15-9-5-7-11-20(15)33-24/h5,7,9,11-13,30H,4,6,8,10H2,1-3H3,(H,29,31). The van der Waals surface area contributed by atoms with Crippen LogP contribution in [0.4, 0.5) is 0 Å². The molecule has 0 radical (unpaired) electrons. The number of fused-ring (bicyclic) bond motifs is 4. The lowest BCUT2D eigenvalue weighted by Gasteiger charge is -2.21. The van der Waals surface area contributed by atoms with Crippen molar-refractivity contribution in [1.82, 2.24) is 5.43 Å². The molecule has 4 aromatic rings. The van der Waals surface area contributed by atoms with E-state index in [4.69, 9.17) is 16.0 Å². The summed E-state index contributed by atoms with van der Waals surface area (Å²) in [5, 5.41) is 17.6. The first-order valence-electron chi connectivity index (χ1n) is 11.1. The fourth-order valence-corrected chi connectivity index (χ4v) is 5.92. The van der Waals surface area contributed by atoms with Gasteiger partial charge in [0.05, 0.1) is 11.2 Å². The van der Waals surface area contributed by atoms with E-state index >= 15 is 0 Å². The smallest absolute Gasteiger partial charge is 0.283 e. The Bertz CT molecular complexity index is 1430. The molecule has 0 fully saturated rings. The number of phenols is 1. The molecular weight excluding hydrogens is 456 g/mol. The Morgan fingerprint density at radius 2 is 2.00 bits per heavy atom. The third-order valence-corrected chi connectivity index (χ3v) is 7.84. The van der Waals surface area contributed by atoms with Crippen molar-refractivity contribution in [1.29, 1.82) is 0 Å². The van der Waals surface area contributed by atoms with E-state index in [-0.39, 0.29) is 17.1 Å². The van der Waals surface area contributed by atoms with E-state index in [2.05, 4.69) is 10.5 Å². The number of thiophene rings is 1. The number of nitrogens with zero attached hydrogens (tertiary/aromatic N) is 1. The molecule has 7 heteroatoms. The van der Waals surface area contributed by atoms with Crippen LogP contribution in [0.2, 0.25) is 5.02 Å². The Balaban J connectivity index is 1.54. The number of halogens is 1. The SMILES string of the molecule is CC(C)(C)c1cc2oc3c(c2c(C=NNC(=O)c2sc4ccccc4c2Cl)c1O)CCCC3. The molecular formula is C26H25ClN2O3S. The largest absolute Gasteiger partial charge is 0.507 e. The molecule has 0 saturated heterocycles. The van der Waals surface area contributed by atoms with Crippen LogP contribution in [0.5, 0.6) is 5.75 Å². The molecule has 170 valence electrons. The molecule has 2 aromatic heterocycles. The molecule has 2 heterocycles. The Morgan fingerprint density at radius 3 is 2.76 bits per heavy atom. The summed E-state index contributed by atoms with van der Waals surface area (Å²) in [5.41, 5.74) is 5.54. The van der Waals surface area contributed by atoms with Gasteiger partial charge in [-0.25, -0.2) is 5.43 Å². The molecule has 5 rings (SSSR count). The summed E-state index contributed by atoms with van der Waals surface area (Å²) in [6.45, 7) is 6.13. The monoisotopic (exact) mass is 480 g/mol. The predicted molar refractivity (Wildman–Crippen MR) is 135 cm³/mol. The van der Waals surface area contributed by atoms with Crippen molar-refractivity contribution in [2.45, 2.75) is 51.9 Å². The molecule has 33 heavy (non-hydrogen) atoms. The summed E-state index contributed by atoms with van der Waals surface area (Å²) < 4.78 is 7.14. The van der Waals surface area contributed by atoms with Gasteiger partial charge in [0, 0.05) is 38.6 Å². The van der Waals surface area contributed by atoms with Crippen LogP contribution in [0.25, 0.3) is 21.1 Å². The van der Waals surface area contributed by atoms with E-state index in [9.17, 15) is 9.90 Å². The van der Waals surface area contributed by atoms with E-state index in [1.165, 1.54) is 17.6 Å². The van der Waals surface area contributed by atoms with E-state index in [1.807, 2.05) is 51.1 Å². The third-order valence-electron chi connectivity index (χ3n) is 6.16. The number of aromatic hydroxyl groups is 1. The molecule has 5 nitrogen and oxygen atoms in total. The van der Waals surface area contributed by atoms with Crippen molar-refractivity contribution in [3.05, 3.63) is 62.7 Å². The van der Waals surface area contributed by atoms with E-state index < -0.39 is 0 Å². The molecule has 0 unspecified atom stereocenters. The zero-order valence-electron chi connectivity index (χ0n) is 18.8. The number of carbonyl (C=O) groups excluding carboxylic acids is 1. The maximum absolute atomic E-state index is 12.8. The number of amides is 1. The van der Waals surface area contributed by atoms with Gasteiger partial charge >= 0.3 is 0 Å². The van der Waals surface area contributed by atoms with Crippen molar-refractivity contribution >= 4 is 56.1 Å². The van der Waals surface area contributed by atoms with Gasteiger partial charge in [0.25, 0.3) is 5.91 Å². The van der Waals surface area contributed by atoms with E-state index in [1.54, 1.807) is 0 Å². The van der Waals surface area contributed by atoms with Crippen molar-refractivity contribution < 1.29 is 14.3 Å². The van der Waals surface area contributed by atoms with Crippen molar-refractivity contribution in [3.63, 3.8) is 0 Å². The minimum atomic E-state index is -0.380. The molecule has 1 amide bonds. The molecule has 1 aliphatic carbocycles. The third kappa shape index (κ3) is 3.81. The molecule has 0 atom stereocenters. The fraction of sp³-hybridized carbons (Fsp3) is 0.308. The Kier molecular flexibility index (Phi) is 5.46. The minimum absolute atomic E-state index is 0.169. The summed E-state index contributed by atoms with van der Waals surface area (Å²) >= 11 is 7.76. The second-order valence-corrected chi connectivity index (χ2v) is 10.9. The summed E-state index contributed by atoms with van der Waals surface area (Å²) in [7, 11) is 0. The van der Waals surface area contributed by atoms with Gasteiger partial charge in [-0.1, -0.05) is 50.6 Å². The van der Waals surface area contributed by atoms with E-state index in [0.717, 1.165) is 63.6 Å².